The molecule has 1 rings (SSSR count). The Morgan fingerprint density at radius 2 is 2.20 bits per heavy atom. The molecule has 0 radical (unpaired) electrons. The maximum Gasteiger partial charge on any atom is 0.339 e. The number of aromatic nitrogens is 1. The molecule has 0 unspecified atom stereocenters. The van der Waals surface area contributed by atoms with Crippen LogP contribution in [-0.4, -0.2) is 18.1 Å². The number of rotatable bonds is 2. The second-order valence-electron chi connectivity index (χ2n) is 3.69. The highest BCUT2D eigenvalue weighted by molar-refractivity contribution is 5.88. The molecule has 0 aliphatic heterocycles. The lowest BCUT2D eigenvalue weighted by Gasteiger charge is -2.16. The quantitative estimate of drug-likeness (QED) is 0.543. The van der Waals surface area contributed by atoms with E-state index < -0.39 is 11.4 Å². The number of carbonyl (C=O) groups is 1. The van der Waals surface area contributed by atoms with E-state index >= 15 is 0 Å². The largest absolute Gasteiger partial charge is 0.465 e. The van der Waals surface area contributed by atoms with Crippen LogP contribution in [-0.2, 0) is 10.2 Å². The first kappa shape index (κ1) is 11.3. The van der Waals surface area contributed by atoms with Gasteiger partial charge in [-0.1, -0.05) is 5.92 Å². The number of esters is 1. The number of pyridine rings is 1. The third kappa shape index (κ3) is 2.35. The lowest BCUT2D eigenvalue weighted by atomic mass is 9.90. The summed E-state index contributed by atoms with van der Waals surface area (Å²) in [5, 5.41) is 0. The Kier molecular flexibility index (Phi) is 3.11. The molecule has 0 saturated carbocycles. The maximum atomic E-state index is 11.1. The fourth-order valence-corrected chi connectivity index (χ4v) is 1.08. The Hall–Kier alpha value is -1.82. The van der Waals surface area contributed by atoms with Gasteiger partial charge in [0.2, 0.25) is 0 Å². The first-order valence-electron chi connectivity index (χ1n) is 4.54. The van der Waals surface area contributed by atoms with Gasteiger partial charge in [0, 0.05) is 6.20 Å². The highest BCUT2D eigenvalue weighted by Crippen LogP contribution is 2.19. The van der Waals surface area contributed by atoms with Gasteiger partial charge >= 0.3 is 5.97 Å². The second-order valence-corrected chi connectivity index (χ2v) is 3.69. The third-order valence-corrected chi connectivity index (χ3v) is 2.19. The molecule has 0 aromatic carbocycles. The average Bonchev–Trinajstić information content (AvgIpc) is 2.28. The van der Waals surface area contributed by atoms with Crippen molar-refractivity contribution in [3.63, 3.8) is 0 Å². The lowest BCUT2D eigenvalue weighted by Crippen LogP contribution is -2.16. The van der Waals surface area contributed by atoms with Gasteiger partial charge in [-0.25, -0.2) is 4.79 Å². The first-order chi connectivity index (χ1) is 7.01. The number of carbonyl (C=O) groups excluding carboxylic acids is 1. The number of hydrogen-bond acceptors (Lipinski definition) is 3. The minimum absolute atomic E-state index is 0.396. The van der Waals surface area contributed by atoms with E-state index in [1.807, 2.05) is 13.8 Å². The summed E-state index contributed by atoms with van der Waals surface area (Å²) in [5.41, 5.74) is 0.765. The van der Waals surface area contributed by atoms with Crippen LogP contribution in [0.3, 0.4) is 0 Å². The molecule has 0 aliphatic carbocycles. The van der Waals surface area contributed by atoms with Crippen molar-refractivity contribution < 1.29 is 9.53 Å². The summed E-state index contributed by atoms with van der Waals surface area (Å²) < 4.78 is 4.57. The average molecular weight is 203 g/mol. The van der Waals surface area contributed by atoms with Crippen LogP contribution < -0.4 is 0 Å². The van der Waals surface area contributed by atoms with Gasteiger partial charge in [0.1, 0.15) is 0 Å². The summed E-state index contributed by atoms with van der Waals surface area (Å²) in [6, 6.07) is 3.40. The van der Waals surface area contributed by atoms with E-state index in [-0.39, 0.29) is 0 Å². The molecule has 0 bridgehead atoms. The number of ether oxygens (including phenoxy) is 1. The van der Waals surface area contributed by atoms with Gasteiger partial charge < -0.3 is 4.74 Å². The first-order valence-corrected chi connectivity index (χ1v) is 4.54. The number of hydrogen-bond donors (Lipinski definition) is 0. The summed E-state index contributed by atoms with van der Waals surface area (Å²) in [4.78, 5) is 15.3. The van der Waals surface area contributed by atoms with Crippen LogP contribution >= 0.6 is 0 Å². The molecule has 3 nitrogen and oxygen atoms in total. The standard InChI is InChI=1S/C12H13NO2/c1-5-12(2,3)10-7-6-9(8-13-10)11(14)15-4/h1,6-8H,2-4H3. The van der Waals surface area contributed by atoms with Crippen molar-refractivity contribution in [3.05, 3.63) is 29.6 Å². The molecule has 1 aromatic heterocycles. The lowest BCUT2D eigenvalue weighted by molar-refractivity contribution is 0.0600. The zero-order valence-corrected chi connectivity index (χ0v) is 9.07. The Morgan fingerprint density at radius 1 is 1.53 bits per heavy atom. The summed E-state index contributed by atoms with van der Waals surface area (Å²) in [6.07, 6.45) is 6.85. The molecule has 0 atom stereocenters. The molecular formula is C12H13NO2. The number of methoxy groups -OCH3 is 1. The van der Waals surface area contributed by atoms with Crippen molar-refractivity contribution in [2.75, 3.05) is 7.11 Å². The van der Waals surface area contributed by atoms with Gasteiger partial charge in [-0.3, -0.25) is 4.98 Å². The summed E-state index contributed by atoms with van der Waals surface area (Å²) in [5.74, 6) is 2.25. The molecular weight excluding hydrogens is 190 g/mol. The normalized spacial score (nSPS) is 10.5. The predicted octanol–water partition coefficient (Wildman–Crippen LogP) is 1.78. The zero-order chi connectivity index (χ0) is 11.5. The van der Waals surface area contributed by atoms with Gasteiger partial charge in [-0.2, -0.15) is 0 Å². The smallest absolute Gasteiger partial charge is 0.339 e. The molecule has 0 fully saturated rings. The monoisotopic (exact) mass is 203 g/mol. The van der Waals surface area contributed by atoms with Crippen molar-refractivity contribution in [2.45, 2.75) is 19.3 Å². The zero-order valence-electron chi connectivity index (χ0n) is 9.07. The van der Waals surface area contributed by atoms with Crippen LogP contribution in [0.2, 0.25) is 0 Å². The maximum absolute atomic E-state index is 11.1. The van der Waals surface area contributed by atoms with Crippen molar-refractivity contribution in [3.8, 4) is 12.3 Å². The number of terminal acetylenes is 1. The van der Waals surface area contributed by atoms with Crippen LogP contribution in [0.25, 0.3) is 0 Å². The van der Waals surface area contributed by atoms with E-state index in [9.17, 15) is 4.79 Å². The molecule has 0 N–H and O–H groups in total. The third-order valence-electron chi connectivity index (χ3n) is 2.19. The Morgan fingerprint density at radius 3 is 2.60 bits per heavy atom. The molecule has 1 aromatic rings. The van der Waals surface area contributed by atoms with E-state index in [0.29, 0.717) is 5.56 Å². The SMILES string of the molecule is C#CC(C)(C)c1ccc(C(=O)OC)cn1. The van der Waals surface area contributed by atoms with Crippen LogP contribution in [0.1, 0.15) is 29.9 Å². The Bertz CT molecular complexity index is 399. The summed E-state index contributed by atoms with van der Waals surface area (Å²) >= 11 is 0. The summed E-state index contributed by atoms with van der Waals surface area (Å²) in [7, 11) is 1.33. The Labute approximate surface area is 89.5 Å². The molecule has 0 aliphatic rings. The molecule has 3 heteroatoms. The van der Waals surface area contributed by atoms with E-state index in [0.717, 1.165) is 5.69 Å². The van der Waals surface area contributed by atoms with E-state index in [1.54, 1.807) is 12.1 Å². The van der Waals surface area contributed by atoms with Gasteiger partial charge in [0.25, 0.3) is 0 Å². The fraction of sp³-hybridized carbons (Fsp3) is 0.333. The Balaban J connectivity index is 3.01. The minimum Gasteiger partial charge on any atom is -0.465 e. The highest BCUT2D eigenvalue weighted by Gasteiger charge is 2.19. The van der Waals surface area contributed by atoms with Crippen molar-refractivity contribution >= 4 is 5.97 Å². The van der Waals surface area contributed by atoms with Crippen LogP contribution in [0, 0.1) is 12.3 Å². The van der Waals surface area contributed by atoms with Gasteiger partial charge in [0.15, 0.2) is 0 Å². The van der Waals surface area contributed by atoms with Crippen molar-refractivity contribution in [2.24, 2.45) is 0 Å². The molecule has 0 amide bonds. The van der Waals surface area contributed by atoms with Crippen LogP contribution in [0.5, 0.6) is 0 Å². The van der Waals surface area contributed by atoms with Gasteiger partial charge in [-0.15, -0.1) is 6.42 Å². The van der Waals surface area contributed by atoms with Crippen LogP contribution in [0.4, 0.5) is 0 Å². The molecule has 78 valence electrons. The van der Waals surface area contributed by atoms with Crippen molar-refractivity contribution in [1.82, 2.24) is 4.98 Å². The predicted molar refractivity (Wildman–Crippen MR) is 57.4 cm³/mol. The molecule has 0 saturated heterocycles. The molecule has 1 heterocycles. The van der Waals surface area contributed by atoms with Crippen LogP contribution in [0.15, 0.2) is 18.3 Å². The van der Waals surface area contributed by atoms with E-state index in [2.05, 4.69) is 15.6 Å². The fourth-order valence-electron chi connectivity index (χ4n) is 1.08. The van der Waals surface area contributed by atoms with Gasteiger partial charge in [0.05, 0.1) is 23.8 Å². The summed E-state index contributed by atoms with van der Waals surface area (Å²) in [6.45, 7) is 3.79. The van der Waals surface area contributed by atoms with E-state index in [1.165, 1.54) is 13.3 Å². The number of nitrogens with zero attached hydrogens (tertiary/aromatic N) is 1. The molecule has 15 heavy (non-hydrogen) atoms. The molecule has 0 spiro atoms. The highest BCUT2D eigenvalue weighted by atomic mass is 16.5. The minimum atomic E-state index is -0.422. The van der Waals surface area contributed by atoms with Crippen molar-refractivity contribution in [1.29, 1.82) is 0 Å². The second kappa shape index (κ2) is 4.14. The van der Waals surface area contributed by atoms with Gasteiger partial charge in [-0.05, 0) is 26.0 Å². The topological polar surface area (TPSA) is 39.2 Å². The van der Waals surface area contributed by atoms with E-state index in [4.69, 9.17) is 6.42 Å².